The molecular weight excluding hydrogens is 346 g/mol. The molecule has 0 saturated carbocycles. The van der Waals surface area contributed by atoms with Crippen LogP contribution in [0.2, 0.25) is 0 Å². The fourth-order valence-corrected chi connectivity index (χ4v) is 2.52. The number of carboxylic acid groups (broad SMARTS) is 1. The summed E-state index contributed by atoms with van der Waals surface area (Å²) < 4.78 is 5.53. The number of aliphatic carboxylic acids is 1. The molecule has 0 aliphatic carbocycles. The van der Waals surface area contributed by atoms with Crippen molar-refractivity contribution in [3.8, 4) is 5.75 Å². The topological polar surface area (TPSA) is 92.7 Å². The van der Waals surface area contributed by atoms with Crippen LogP contribution in [0.15, 0.2) is 54.6 Å². The van der Waals surface area contributed by atoms with Gasteiger partial charge in [-0.05, 0) is 43.2 Å². The molecule has 2 N–H and O–H groups in total. The van der Waals surface area contributed by atoms with E-state index in [-0.39, 0.29) is 24.5 Å². The highest BCUT2D eigenvalue weighted by atomic mass is 16.5. The van der Waals surface area contributed by atoms with E-state index >= 15 is 0 Å². The number of carbonyl (C=O) groups excluding carboxylic acids is 2. The number of carbonyl (C=O) groups is 3. The normalized spacial score (nSPS) is 11.4. The largest absolute Gasteiger partial charge is 0.494 e. The van der Waals surface area contributed by atoms with E-state index in [0.29, 0.717) is 24.3 Å². The Kier molecular flexibility index (Phi) is 7.55. The molecule has 0 aliphatic heterocycles. The SMILES string of the molecule is CC(=O)c1ccc(OCCCC(=O)N[C@H](Cc2ccccc2)C(=O)O)cc1. The highest BCUT2D eigenvalue weighted by Crippen LogP contribution is 2.13. The van der Waals surface area contributed by atoms with E-state index < -0.39 is 12.0 Å². The van der Waals surface area contributed by atoms with Crippen LogP contribution in [0.4, 0.5) is 0 Å². The number of ether oxygens (including phenoxy) is 1. The Hall–Kier alpha value is -3.15. The molecule has 0 spiro atoms. The van der Waals surface area contributed by atoms with Crippen LogP contribution in [0.5, 0.6) is 5.75 Å². The Bertz CT molecular complexity index is 771. The summed E-state index contributed by atoms with van der Waals surface area (Å²) in [5.74, 6) is -0.780. The van der Waals surface area contributed by atoms with Gasteiger partial charge >= 0.3 is 5.97 Å². The summed E-state index contributed by atoms with van der Waals surface area (Å²) >= 11 is 0. The lowest BCUT2D eigenvalue weighted by Crippen LogP contribution is -2.42. The summed E-state index contributed by atoms with van der Waals surface area (Å²) in [6.45, 7) is 1.82. The van der Waals surface area contributed by atoms with Gasteiger partial charge in [0.2, 0.25) is 5.91 Å². The van der Waals surface area contributed by atoms with Crippen LogP contribution in [0.3, 0.4) is 0 Å². The quantitative estimate of drug-likeness (QED) is 0.496. The summed E-state index contributed by atoms with van der Waals surface area (Å²) in [4.78, 5) is 34.6. The molecule has 0 aliphatic rings. The highest BCUT2D eigenvalue weighted by molar-refractivity contribution is 5.94. The lowest BCUT2D eigenvalue weighted by atomic mass is 10.1. The van der Waals surface area contributed by atoms with Gasteiger partial charge in [0.25, 0.3) is 0 Å². The third-order valence-corrected chi connectivity index (χ3v) is 3.99. The zero-order chi connectivity index (χ0) is 19.6. The molecule has 0 saturated heterocycles. The smallest absolute Gasteiger partial charge is 0.326 e. The molecule has 0 bridgehead atoms. The van der Waals surface area contributed by atoms with Crippen molar-refractivity contribution in [2.75, 3.05) is 6.61 Å². The molecule has 27 heavy (non-hydrogen) atoms. The lowest BCUT2D eigenvalue weighted by Gasteiger charge is -2.14. The molecule has 0 fully saturated rings. The molecule has 6 nitrogen and oxygen atoms in total. The first-order valence-electron chi connectivity index (χ1n) is 8.75. The van der Waals surface area contributed by atoms with Crippen LogP contribution < -0.4 is 10.1 Å². The number of benzene rings is 2. The predicted octanol–water partition coefficient (Wildman–Crippen LogP) is 2.86. The molecule has 2 aromatic carbocycles. The summed E-state index contributed by atoms with van der Waals surface area (Å²) in [5, 5.41) is 11.9. The van der Waals surface area contributed by atoms with Crippen LogP contribution in [-0.2, 0) is 16.0 Å². The van der Waals surface area contributed by atoms with Crippen LogP contribution in [-0.4, -0.2) is 35.4 Å². The van der Waals surface area contributed by atoms with E-state index in [9.17, 15) is 19.5 Å². The Labute approximate surface area is 158 Å². The second kappa shape index (κ2) is 10.1. The minimum Gasteiger partial charge on any atom is -0.494 e. The predicted molar refractivity (Wildman–Crippen MR) is 101 cm³/mol. The van der Waals surface area contributed by atoms with Gasteiger partial charge in [-0.2, -0.15) is 0 Å². The molecule has 0 radical (unpaired) electrons. The fraction of sp³-hybridized carbons (Fsp3) is 0.286. The Morgan fingerprint density at radius 3 is 2.30 bits per heavy atom. The van der Waals surface area contributed by atoms with Crippen molar-refractivity contribution in [2.45, 2.75) is 32.2 Å². The number of nitrogens with one attached hydrogen (secondary N) is 1. The number of amides is 1. The first kappa shape index (κ1) is 20.2. The van der Waals surface area contributed by atoms with Crippen molar-refractivity contribution in [1.82, 2.24) is 5.32 Å². The molecule has 1 amide bonds. The summed E-state index contributed by atoms with van der Waals surface area (Å²) in [5.41, 5.74) is 1.46. The molecule has 142 valence electrons. The van der Waals surface area contributed by atoms with Gasteiger partial charge in [-0.1, -0.05) is 30.3 Å². The maximum atomic E-state index is 12.0. The third-order valence-electron chi connectivity index (χ3n) is 3.99. The summed E-state index contributed by atoms with van der Waals surface area (Å²) in [6.07, 6.45) is 0.864. The van der Waals surface area contributed by atoms with Gasteiger partial charge in [0.05, 0.1) is 6.61 Å². The average molecular weight is 369 g/mol. The standard InChI is InChI=1S/C21H23NO5/c1-15(23)17-9-11-18(12-10-17)27-13-5-8-20(24)22-19(21(25)26)14-16-6-3-2-4-7-16/h2-4,6-7,9-12,19H,5,8,13-14H2,1H3,(H,22,24)(H,25,26)/t19-/m1/s1. The Morgan fingerprint density at radius 2 is 1.70 bits per heavy atom. The second-order valence-corrected chi connectivity index (χ2v) is 6.18. The zero-order valence-electron chi connectivity index (χ0n) is 15.2. The van der Waals surface area contributed by atoms with Crippen molar-refractivity contribution in [3.63, 3.8) is 0 Å². The monoisotopic (exact) mass is 369 g/mol. The number of hydrogen-bond donors (Lipinski definition) is 2. The van der Waals surface area contributed by atoms with Crippen LogP contribution in [0.1, 0.15) is 35.7 Å². The maximum absolute atomic E-state index is 12.0. The number of rotatable bonds is 10. The number of Topliss-reactive ketones (excluding diaryl/α,β-unsaturated/α-hetero) is 1. The molecule has 2 rings (SSSR count). The molecule has 6 heteroatoms. The van der Waals surface area contributed by atoms with Crippen molar-refractivity contribution in [1.29, 1.82) is 0 Å². The minimum atomic E-state index is -1.06. The number of carboxylic acids is 1. The Balaban J connectivity index is 1.74. The van der Waals surface area contributed by atoms with Crippen molar-refractivity contribution in [2.24, 2.45) is 0 Å². The first-order valence-corrected chi connectivity index (χ1v) is 8.75. The van der Waals surface area contributed by atoms with Gasteiger partial charge in [-0.15, -0.1) is 0 Å². The van der Waals surface area contributed by atoms with Crippen molar-refractivity contribution >= 4 is 17.7 Å². The van der Waals surface area contributed by atoms with E-state index in [0.717, 1.165) is 5.56 Å². The van der Waals surface area contributed by atoms with Gasteiger partial charge in [0, 0.05) is 18.4 Å². The van der Waals surface area contributed by atoms with Crippen LogP contribution in [0, 0.1) is 0 Å². The molecular formula is C21H23NO5. The summed E-state index contributed by atoms with van der Waals surface area (Å²) in [7, 11) is 0. The number of ketones is 1. The zero-order valence-corrected chi connectivity index (χ0v) is 15.2. The van der Waals surface area contributed by atoms with Gasteiger partial charge in [0.1, 0.15) is 11.8 Å². The molecule has 0 aromatic heterocycles. The lowest BCUT2D eigenvalue weighted by molar-refractivity contribution is -0.141. The van der Waals surface area contributed by atoms with Gasteiger partial charge < -0.3 is 15.2 Å². The third kappa shape index (κ3) is 6.93. The second-order valence-electron chi connectivity index (χ2n) is 6.18. The fourth-order valence-electron chi connectivity index (χ4n) is 2.52. The van der Waals surface area contributed by atoms with E-state index in [2.05, 4.69) is 5.32 Å². The van der Waals surface area contributed by atoms with E-state index in [4.69, 9.17) is 4.74 Å². The van der Waals surface area contributed by atoms with Crippen LogP contribution in [0.25, 0.3) is 0 Å². The van der Waals surface area contributed by atoms with Crippen LogP contribution >= 0.6 is 0 Å². The molecule has 2 aromatic rings. The van der Waals surface area contributed by atoms with E-state index in [1.165, 1.54) is 6.92 Å². The van der Waals surface area contributed by atoms with Gasteiger partial charge in [-0.3, -0.25) is 9.59 Å². The molecule has 0 heterocycles. The Morgan fingerprint density at radius 1 is 1.04 bits per heavy atom. The van der Waals surface area contributed by atoms with Crippen molar-refractivity contribution in [3.05, 3.63) is 65.7 Å². The minimum absolute atomic E-state index is 0.0123. The maximum Gasteiger partial charge on any atom is 0.326 e. The van der Waals surface area contributed by atoms with Gasteiger partial charge in [-0.25, -0.2) is 4.79 Å². The molecule has 1 atom stereocenters. The van der Waals surface area contributed by atoms with E-state index in [1.807, 2.05) is 30.3 Å². The highest BCUT2D eigenvalue weighted by Gasteiger charge is 2.20. The van der Waals surface area contributed by atoms with E-state index in [1.54, 1.807) is 24.3 Å². The van der Waals surface area contributed by atoms with Crippen molar-refractivity contribution < 1.29 is 24.2 Å². The summed E-state index contributed by atoms with van der Waals surface area (Å²) in [6, 6.07) is 15.0. The average Bonchev–Trinajstić information content (AvgIpc) is 2.66. The first-order chi connectivity index (χ1) is 13.0. The van der Waals surface area contributed by atoms with Gasteiger partial charge in [0.15, 0.2) is 5.78 Å². The number of hydrogen-bond acceptors (Lipinski definition) is 4. The molecule has 0 unspecified atom stereocenters.